The molecule has 1 heterocycles. The highest BCUT2D eigenvalue weighted by Crippen LogP contribution is 2.19. The van der Waals surface area contributed by atoms with Crippen LogP contribution in [0.4, 0.5) is 23.7 Å². The third kappa shape index (κ3) is 4.46. The average Bonchev–Trinajstić information content (AvgIpc) is 2.54. The number of carbonyl (C=O) groups excluding carboxylic acids is 1. The van der Waals surface area contributed by atoms with Gasteiger partial charge in [-0.25, -0.2) is 4.79 Å². The van der Waals surface area contributed by atoms with E-state index in [2.05, 4.69) is 10.4 Å². The van der Waals surface area contributed by atoms with E-state index in [9.17, 15) is 18.0 Å². The second-order valence-electron chi connectivity index (χ2n) is 4.19. The first-order valence-electron chi connectivity index (χ1n) is 5.90. The summed E-state index contributed by atoms with van der Waals surface area (Å²) in [6, 6.07) is -0.889. The van der Waals surface area contributed by atoms with Crippen molar-refractivity contribution in [3.63, 3.8) is 0 Å². The monoisotopic (exact) mass is 278 g/mol. The maximum Gasteiger partial charge on any atom is 0.405 e. The van der Waals surface area contributed by atoms with Gasteiger partial charge in [0.2, 0.25) is 0 Å². The number of hydrogen-bond donors (Lipinski definition) is 2. The predicted octanol–water partition coefficient (Wildman–Crippen LogP) is 2.59. The molecule has 8 heteroatoms. The molecular formula is C11H17F3N4O. The van der Waals surface area contributed by atoms with E-state index < -0.39 is 18.8 Å². The highest BCUT2D eigenvalue weighted by Gasteiger charge is 2.28. The van der Waals surface area contributed by atoms with Crippen molar-refractivity contribution in [2.45, 2.75) is 39.9 Å². The lowest BCUT2D eigenvalue weighted by Gasteiger charge is -2.10. The number of anilines is 1. The van der Waals surface area contributed by atoms with E-state index in [-0.39, 0.29) is 0 Å². The summed E-state index contributed by atoms with van der Waals surface area (Å²) in [5.41, 5.74) is 1.75. The van der Waals surface area contributed by atoms with Crippen molar-refractivity contribution in [1.29, 1.82) is 0 Å². The Morgan fingerprint density at radius 1 is 1.37 bits per heavy atom. The first-order valence-corrected chi connectivity index (χ1v) is 5.90. The molecule has 19 heavy (non-hydrogen) atoms. The molecule has 0 aromatic carbocycles. The minimum absolute atomic E-state index is 0.452. The molecule has 0 radical (unpaired) electrons. The largest absolute Gasteiger partial charge is 0.405 e. The van der Waals surface area contributed by atoms with Crippen molar-refractivity contribution in [3.8, 4) is 0 Å². The number of nitrogens with one attached hydrogen (secondary N) is 2. The topological polar surface area (TPSA) is 59.0 Å². The molecule has 0 atom stereocenters. The number of halogens is 3. The molecule has 0 unspecified atom stereocenters. The fourth-order valence-corrected chi connectivity index (χ4v) is 1.65. The molecule has 1 aromatic heterocycles. The molecule has 0 aliphatic carbocycles. The maximum absolute atomic E-state index is 12.0. The number of alkyl halides is 3. The number of carbonyl (C=O) groups is 1. The molecule has 0 aliphatic heterocycles. The Labute approximate surface area is 109 Å². The Balaban J connectivity index is 2.69. The Morgan fingerprint density at radius 2 is 2.00 bits per heavy atom. The van der Waals surface area contributed by atoms with Crippen molar-refractivity contribution in [2.75, 3.05) is 11.9 Å². The standard InChI is InChI=1S/C11H17F3N4O/c1-4-5-18-8(3)9(7(2)17-18)16-10(19)15-6-11(12,13)14/h4-6H2,1-3H3,(H2,15,16,19). The van der Waals surface area contributed by atoms with E-state index in [1.165, 1.54) is 0 Å². The minimum atomic E-state index is -4.42. The van der Waals surface area contributed by atoms with Crippen LogP contribution in [0.15, 0.2) is 0 Å². The summed E-state index contributed by atoms with van der Waals surface area (Å²) in [4.78, 5) is 11.4. The lowest BCUT2D eigenvalue weighted by molar-refractivity contribution is -0.122. The van der Waals surface area contributed by atoms with Gasteiger partial charge in [0.25, 0.3) is 0 Å². The van der Waals surface area contributed by atoms with Crippen molar-refractivity contribution in [3.05, 3.63) is 11.4 Å². The van der Waals surface area contributed by atoms with Gasteiger partial charge in [-0.15, -0.1) is 0 Å². The first-order chi connectivity index (χ1) is 8.74. The summed E-state index contributed by atoms with van der Waals surface area (Å²) in [7, 11) is 0. The van der Waals surface area contributed by atoms with Crippen LogP contribution in [0.1, 0.15) is 24.7 Å². The first kappa shape index (κ1) is 15.3. The minimum Gasteiger partial charge on any atom is -0.329 e. The van der Waals surface area contributed by atoms with E-state index in [1.807, 2.05) is 6.92 Å². The Kier molecular flexibility index (Phi) is 4.79. The number of hydrogen-bond acceptors (Lipinski definition) is 2. The molecule has 0 fully saturated rings. The highest BCUT2D eigenvalue weighted by atomic mass is 19.4. The van der Waals surface area contributed by atoms with Crippen LogP contribution in [0.3, 0.4) is 0 Å². The molecule has 5 nitrogen and oxygen atoms in total. The van der Waals surface area contributed by atoms with Gasteiger partial charge in [0.05, 0.1) is 17.1 Å². The predicted molar refractivity (Wildman–Crippen MR) is 65.1 cm³/mol. The molecule has 1 rings (SSSR count). The molecule has 2 N–H and O–H groups in total. The van der Waals surface area contributed by atoms with E-state index >= 15 is 0 Å². The van der Waals surface area contributed by atoms with Gasteiger partial charge in [0, 0.05) is 6.54 Å². The lowest BCUT2D eigenvalue weighted by atomic mass is 10.3. The number of nitrogens with zero attached hydrogens (tertiary/aromatic N) is 2. The van der Waals surface area contributed by atoms with Crippen molar-refractivity contribution >= 4 is 11.7 Å². The van der Waals surface area contributed by atoms with Crippen LogP contribution in [0.2, 0.25) is 0 Å². The average molecular weight is 278 g/mol. The van der Waals surface area contributed by atoms with Gasteiger partial charge in [0.1, 0.15) is 6.54 Å². The van der Waals surface area contributed by atoms with Gasteiger partial charge in [-0.05, 0) is 20.3 Å². The third-order valence-corrected chi connectivity index (χ3v) is 2.50. The Bertz CT molecular complexity index is 454. The Hall–Kier alpha value is -1.73. The summed E-state index contributed by atoms with van der Waals surface area (Å²) in [6.07, 6.45) is -3.55. The summed E-state index contributed by atoms with van der Waals surface area (Å²) in [5, 5.41) is 8.36. The molecular weight excluding hydrogens is 261 g/mol. The summed E-state index contributed by atoms with van der Waals surface area (Å²) in [6.45, 7) is 4.77. The normalized spacial score (nSPS) is 11.5. The van der Waals surface area contributed by atoms with Crippen LogP contribution >= 0.6 is 0 Å². The second-order valence-corrected chi connectivity index (χ2v) is 4.19. The van der Waals surface area contributed by atoms with Gasteiger partial charge in [-0.1, -0.05) is 6.92 Å². The number of urea groups is 1. The molecule has 2 amide bonds. The number of aromatic nitrogens is 2. The van der Waals surface area contributed by atoms with Crippen LogP contribution in [0.25, 0.3) is 0 Å². The fourth-order valence-electron chi connectivity index (χ4n) is 1.65. The van der Waals surface area contributed by atoms with Crippen molar-refractivity contribution < 1.29 is 18.0 Å². The molecule has 0 saturated carbocycles. The van der Waals surface area contributed by atoms with Crippen LogP contribution < -0.4 is 10.6 Å². The van der Waals surface area contributed by atoms with Crippen LogP contribution in [0, 0.1) is 13.8 Å². The zero-order chi connectivity index (χ0) is 14.6. The quantitative estimate of drug-likeness (QED) is 0.889. The molecule has 0 saturated heterocycles. The van der Waals surface area contributed by atoms with E-state index in [1.54, 1.807) is 23.8 Å². The van der Waals surface area contributed by atoms with Crippen LogP contribution in [-0.2, 0) is 6.54 Å². The fraction of sp³-hybridized carbons (Fsp3) is 0.636. The van der Waals surface area contributed by atoms with Crippen LogP contribution in [-0.4, -0.2) is 28.5 Å². The zero-order valence-electron chi connectivity index (χ0n) is 11.1. The number of amides is 2. The van der Waals surface area contributed by atoms with E-state index in [4.69, 9.17) is 0 Å². The number of rotatable bonds is 4. The van der Waals surface area contributed by atoms with Gasteiger partial charge in [-0.2, -0.15) is 18.3 Å². The Morgan fingerprint density at radius 3 is 2.53 bits per heavy atom. The highest BCUT2D eigenvalue weighted by molar-refractivity contribution is 5.90. The number of aryl methyl sites for hydroxylation is 2. The smallest absolute Gasteiger partial charge is 0.329 e. The summed E-state index contributed by atoms with van der Waals surface area (Å²) >= 11 is 0. The summed E-state index contributed by atoms with van der Waals surface area (Å²) < 4.78 is 37.6. The van der Waals surface area contributed by atoms with Gasteiger partial charge in [0.15, 0.2) is 0 Å². The molecule has 108 valence electrons. The zero-order valence-corrected chi connectivity index (χ0v) is 11.1. The SMILES string of the molecule is CCCn1nc(C)c(NC(=O)NCC(F)(F)F)c1C. The third-order valence-electron chi connectivity index (χ3n) is 2.50. The van der Waals surface area contributed by atoms with Gasteiger partial charge >= 0.3 is 12.2 Å². The molecule has 0 bridgehead atoms. The molecule has 0 aliphatic rings. The maximum atomic E-state index is 12.0. The van der Waals surface area contributed by atoms with E-state index in [0.29, 0.717) is 17.9 Å². The van der Waals surface area contributed by atoms with Gasteiger partial charge < -0.3 is 10.6 Å². The lowest BCUT2D eigenvalue weighted by Crippen LogP contribution is -2.36. The van der Waals surface area contributed by atoms with Crippen LogP contribution in [0.5, 0.6) is 0 Å². The van der Waals surface area contributed by atoms with Gasteiger partial charge in [-0.3, -0.25) is 4.68 Å². The summed E-state index contributed by atoms with van der Waals surface area (Å²) in [5.74, 6) is 0. The second kappa shape index (κ2) is 5.94. The van der Waals surface area contributed by atoms with Crippen molar-refractivity contribution in [2.24, 2.45) is 0 Å². The molecule has 1 aromatic rings. The van der Waals surface area contributed by atoms with Crippen molar-refractivity contribution in [1.82, 2.24) is 15.1 Å². The van der Waals surface area contributed by atoms with E-state index in [0.717, 1.165) is 12.1 Å². The molecule has 0 spiro atoms.